The van der Waals surface area contributed by atoms with Gasteiger partial charge in [-0.3, -0.25) is 0 Å². The Morgan fingerprint density at radius 2 is 0.578 bits per heavy atom. The molecule has 0 aliphatic rings. The molecule has 0 aliphatic heterocycles. The molecule has 4 nitrogen and oxygen atoms in total. The maximum absolute atomic E-state index is 12.0. The van der Waals surface area contributed by atoms with Crippen LogP contribution in [-0.4, -0.2) is 21.0 Å². The molecule has 0 amide bonds. The zero-order valence-corrected chi connectivity index (χ0v) is 44.7. The summed E-state index contributed by atoms with van der Waals surface area (Å²) in [5.41, 5.74) is -7.28. The molecule has 13 heteroatoms. The van der Waals surface area contributed by atoms with Gasteiger partial charge in [0.05, 0.1) is 0 Å². The second-order valence-electron chi connectivity index (χ2n) is 12.2. The number of rotatable bonds is 24. The van der Waals surface area contributed by atoms with Crippen molar-refractivity contribution in [2.45, 2.75) is 205 Å². The first-order valence-corrected chi connectivity index (χ1v) is 26.4. The Morgan fingerprint density at radius 1 is 0.400 bits per heavy atom. The predicted octanol–water partition coefficient (Wildman–Crippen LogP) is 8.53. The molecule has 0 heterocycles. The van der Waals surface area contributed by atoms with Crippen LogP contribution in [0.5, 0.6) is 0 Å². The molecule has 0 spiro atoms. The summed E-state index contributed by atoms with van der Waals surface area (Å²) in [4.78, 5) is 48.2. The van der Waals surface area contributed by atoms with Crippen molar-refractivity contribution >= 4 is 56.0 Å². The summed E-state index contributed by atoms with van der Waals surface area (Å²) < 4.78 is 0. The Kier molecular flexibility index (Phi) is 47.1. The van der Waals surface area contributed by atoms with Crippen LogP contribution in [0.15, 0.2) is 0 Å². The summed E-state index contributed by atoms with van der Waals surface area (Å²) in [7, 11) is -1.25. The van der Waals surface area contributed by atoms with Crippen molar-refractivity contribution in [3.8, 4) is 0 Å². The molecular weight excluding hydrogens is 835 g/mol. The molecule has 260 valence electrons. The molecule has 0 fully saturated rings. The van der Waals surface area contributed by atoms with Gasteiger partial charge >= 0.3 is 58.4 Å². The number of unbranched alkanes of at least 4 members (excludes halogenated alkanes) is 12. The summed E-state index contributed by atoms with van der Waals surface area (Å²) >= 11 is 9.75. The minimum absolute atomic E-state index is 0. The third-order valence-corrected chi connectivity index (χ3v) is 23.8. The van der Waals surface area contributed by atoms with E-state index in [1.54, 1.807) is 0 Å². The van der Waals surface area contributed by atoms with Crippen LogP contribution in [0.25, 0.3) is 0 Å². The largest absolute Gasteiger partial charge is 2.00 e. The average molecular weight is 903 g/mol. The Balaban J connectivity index is -0.000000222. The van der Waals surface area contributed by atoms with Gasteiger partial charge in [-0.2, -0.15) is 0 Å². The van der Waals surface area contributed by atoms with Gasteiger partial charge in [0.1, 0.15) is 0 Å². The number of hydrogen-bond acceptors (Lipinski definition) is 6. The molecule has 0 aliphatic carbocycles. The molecule has 0 rings (SSSR count). The van der Waals surface area contributed by atoms with Crippen molar-refractivity contribution in [2.24, 2.45) is 0 Å². The van der Waals surface area contributed by atoms with E-state index in [0.717, 1.165) is 51.4 Å². The van der Waals surface area contributed by atoms with E-state index in [1.807, 2.05) is 0 Å². The molecule has 0 radical (unpaired) electrons. The second kappa shape index (κ2) is 36.3. The topological polar surface area (TPSA) is 92.2 Å². The minimum atomic E-state index is -3.64. The molecule has 4 atom stereocenters. The smallest absolute Gasteiger partial charge is 0.854 e. The SMILES string of the molecule is CCCCCCC(C)S(C(C)CCCCCC)=P([O-])([O-])[S-].CCCCCCC(C)S(C(C)CCCCCC)=P([O-])([O-])[S-].[Zn+2].[Zn+2].[Zn+2]. The molecule has 4 unspecified atom stereocenters. The summed E-state index contributed by atoms with van der Waals surface area (Å²) in [6.45, 7) is 17.2. The van der Waals surface area contributed by atoms with E-state index in [-0.39, 0.29) is 79.4 Å². The minimum Gasteiger partial charge on any atom is -0.854 e. The van der Waals surface area contributed by atoms with Crippen LogP contribution in [0.1, 0.15) is 184 Å². The van der Waals surface area contributed by atoms with Gasteiger partial charge in [-0.1, -0.05) is 158 Å². The van der Waals surface area contributed by atoms with Crippen molar-refractivity contribution in [1.82, 2.24) is 0 Å². The average Bonchev–Trinajstić information content (AvgIpc) is 2.88. The van der Waals surface area contributed by atoms with Crippen LogP contribution in [-0.2, 0) is 103 Å². The maximum atomic E-state index is 12.0. The third kappa shape index (κ3) is 32.4. The van der Waals surface area contributed by atoms with Gasteiger partial charge in [-0.05, 0) is 46.7 Å². The molecule has 0 N–H and O–H groups in total. The number of hydrogen-bond donors (Lipinski definition) is 0. The van der Waals surface area contributed by atoms with E-state index in [2.05, 4.69) is 55.4 Å². The zero-order valence-electron chi connectivity index (χ0n) is 30.7. The molecule has 0 bridgehead atoms. The van der Waals surface area contributed by atoms with Crippen molar-refractivity contribution in [1.29, 1.82) is 0 Å². The molecule has 0 aromatic heterocycles. The third-order valence-electron chi connectivity index (χ3n) is 8.02. The van der Waals surface area contributed by atoms with E-state index < -0.39 is 31.5 Å². The van der Waals surface area contributed by atoms with Crippen LogP contribution in [0, 0.1) is 0 Å². The van der Waals surface area contributed by atoms with Crippen LogP contribution in [0.4, 0.5) is 0 Å². The molecule has 0 aromatic carbocycles. The first-order valence-electron chi connectivity index (χ1n) is 17.2. The Labute approximate surface area is 335 Å². The molecule has 0 saturated carbocycles. The Bertz CT molecular complexity index is 652. The summed E-state index contributed by atoms with van der Waals surface area (Å²) in [5.74, 6) is 0. The van der Waals surface area contributed by atoms with Crippen LogP contribution < -0.4 is 19.6 Å². The van der Waals surface area contributed by atoms with E-state index in [9.17, 15) is 19.6 Å². The fourth-order valence-electron chi connectivity index (χ4n) is 5.59. The van der Waals surface area contributed by atoms with Gasteiger partial charge in [-0.15, -0.1) is 0 Å². The Morgan fingerprint density at radius 3 is 0.711 bits per heavy atom. The summed E-state index contributed by atoms with van der Waals surface area (Å²) in [6.07, 6.45) is 23.3. The van der Waals surface area contributed by atoms with Gasteiger partial charge in [-0.25, -0.2) is 20.1 Å². The van der Waals surface area contributed by atoms with E-state index in [0.29, 0.717) is 0 Å². The first-order chi connectivity index (χ1) is 19.7. The van der Waals surface area contributed by atoms with Crippen LogP contribution in [0.2, 0.25) is 0 Å². The van der Waals surface area contributed by atoms with E-state index >= 15 is 0 Å². The molecule has 45 heavy (non-hydrogen) atoms. The van der Waals surface area contributed by atoms with Crippen LogP contribution in [0.3, 0.4) is 0 Å². The van der Waals surface area contributed by atoms with E-state index in [1.165, 1.54) is 77.0 Å². The van der Waals surface area contributed by atoms with Gasteiger partial charge in [0, 0.05) is 0 Å². The fraction of sp³-hybridized carbons (Fsp3) is 1.00. The maximum Gasteiger partial charge on any atom is 2.00 e. The fourth-order valence-corrected chi connectivity index (χ4v) is 22.4. The monoisotopic (exact) mass is 898 g/mol. The molecule has 0 saturated heterocycles. The van der Waals surface area contributed by atoms with Gasteiger partial charge in [0.2, 0.25) is 0 Å². The van der Waals surface area contributed by atoms with Gasteiger partial charge in [0.25, 0.3) is 0 Å². The van der Waals surface area contributed by atoms with Crippen molar-refractivity contribution in [3.63, 3.8) is 0 Å². The predicted molar refractivity (Wildman–Crippen MR) is 196 cm³/mol. The molecule has 0 aromatic rings. The first kappa shape index (κ1) is 58.3. The quantitative estimate of drug-likeness (QED) is 0.0418. The Hall–Kier alpha value is 3.97. The normalized spacial score (nSPS) is 15.6. The second-order valence-corrected chi connectivity index (χ2v) is 28.3. The van der Waals surface area contributed by atoms with Crippen molar-refractivity contribution < 1.29 is 78.0 Å². The zero-order chi connectivity index (χ0) is 32.6. The van der Waals surface area contributed by atoms with Gasteiger partial charge in [0.15, 0.2) is 0 Å². The van der Waals surface area contributed by atoms with Crippen molar-refractivity contribution in [2.75, 3.05) is 0 Å². The molecular formula is C32H68O4P2S4Zn3. The standard InChI is InChI=1S/2C16H34O2PS2.3Zn/c2*1-5-7-9-11-13-15(3)21(19(17,18)20)16(4)14-12-10-8-6-2;;;/h2*15-16H,5-14H2,1-4H3;;;/q2*-3;3*+2. The summed E-state index contributed by atoms with van der Waals surface area (Å²) in [5, 5.41) is 0.903. The van der Waals surface area contributed by atoms with Gasteiger partial charge < -0.3 is 55.5 Å². The van der Waals surface area contributed by atoms with E-state index in [4.69, 9.17) is 24.5 Å². The van der Waals surface area contributed by atoms with Crippen molar-refractivity contribution in [3.05, 3.63) is 0 Å². The van der Waals surface area contributed by atoms with Crippen LogP contribution >= 0.6 is 11.4 Å². The summed E-state index contributed by atoms with van der Waals surface area (Å²) in [6, 6.07) is 0.